The molecule has 2 heterocycles. The van der Waals surface area contributed by atoms with E-state index in [1.54, 1.807) is 67.6 Å². The third kappa shape index (κ3) is 5.44. The standard InChI is InChI=1S/C34H27BrCl2N2O5/c1-17-29(37)27(35)15-25-26(34(43)44-18(2)31(40)20-7-11-21(36)12-8-20)16-28(38-30(17)25)19-9-13-22(14-10-19)39-32(41)23-5-3-4-6-24(23)33(39)42/h7-16,18,23-24H,3-6H2,1-2H3. The maximum atomic E-state index is 13.6. The topological polar surface area (TPSA) is 93.6 Å². The fourth-order valence-corrected chi connectivity index (χ4v) is 6.90. The number of anilines is 1. The number of hydrogen-bond donors (Lipinski definition) is 0. The Morgan fingerprint density at radius 2 is 1.57 bits per heavy atom. The van der Waals surface area contributed by atoms with Crippen molar-refractivity contribution in [3.63, 3.8) is 0 Å². The third-order valence-electron chi connectivity index (χ3n) is 8.49. The second-order valence-electron chi connectivity index (χ2n) is 11.2. The maximum Gasteiger partial charge on any atom is 0.339 e. The highest BCUT2D eigenvalue weighted by atomic mass is 79.9. The monoisotopic (exact) mass is 692 g/mol. The van der Waals surface area contributed by atoms with Crippen molar-refractivity contribution in [1.82, 2.24) is 4.98 Å². The van der Waals surface area contributed by atoms with Gasteiger partial charge in [-0.2, -0.15) is 0 Å². The normalized spacial score (nSPS) is 18.8. The largest absolute Gasteiger partial charge is 0.451 e. The van der Waals surface area contributed by atoms with Gasteiger partial charge in [-0.3, -0.25) is 19.3 Å². The van der Waals surface area contributed by atoms with E-state index in [0.717, 1.165) is 25.7 Å². The van der Waals surface area contributed by atoms with Crippen molar-refractivity contribution in [1.29, 1.82) is 0 Å². The molecule has 4 aromatic rings. The van der Waals surface area contributed by atoms with Crippen LogP contribution in [0.2, 0.25) is 10.0 Å². The summed E-state index contributed by atoms with van der Waals surface area (Å²) in [5.74, 6) is -1.83. The number of aromatic nitrogens is 1. The van der Waals surface area contributed by atoms with Gasteiger partial charge in [-0.25, -0.2) is 9.78 Å². The van der Waals surface area contributed by atoms with E-state index < -0.39 is 12.1 Å². The van der Waals surface area contributed by atoms with Crippen LogP contribution in [0.15, 0.2) is 65.1 Å². The summed E-state index contributed by atoms with van der Waals surface area (Å²) in [5.41, 5.74) is 3.36. The van der Waals surface area contributed by atoms with Gasteiger partial charge in [0.15, 0.2) is 6.10 Å². The SMILES string of the molecule is Cc1c(Cl)c(Br)cc2c(C(=O)OC(C)C(=O)c3ccc(Cl)cc3)cc(-c3ccc(N4C(=O)C5CCCCC5C4=O)cc3)nc12. The van der Waals surface area contributed by atoms with E-state index in [4.69, 9.17) is 32.9 Å². The van der Waals surface area contributed by atoms with Crippen molar-refractivity contribution < 1.29 is 23.9 Å². The second-order valence-corrected chi connectivity index (χ2v) is 12.9. The molecule has 3 unspecified atom stereocenters. The number of carbonyl (C=O) groups is 4. The van der Waals surface area contributed by atoms with Crippen LogP contribution in [0.4, 0.5) is 5.69 Å². The fraction of sp³-hybridized carbons (Fsp3) is 0.265. The minimum absolute atomic E-state index is 0.139. The summed E-state index contributed by atoms with van der Waals surface area (Å²) >= 11 is 15.9. The van der Waals surface area contributed by atoms with Crippen LogP contribution in [0.1, 0.15) is 58.9 Å². The van der Waals surface area contributed by atoms with Gasteiger partial charge in [0.2, 0.25) is 17.6 Å². The summed E-state index contributed by atoms with van der Waals surface area (Å²) < 4.78 is 6.26. The number of esters is 1. The molecular formula is C34H27BrCl2N2O5. The van der Waals surface area contributed by atoms with Gasteiger partial charge in [0.05, 0.1) is 39.3 Å². The van der Waals surface area contributed by atoms with Gasteiger partial charge >= 0.3 is 5.97 Å². The first kappa shape index (κ1) is 30.4. The second kappa shape index (κ2) is 12.1. The molecule has 0 bridgehead atoms. The molecule has 0 N–H and O–H groups in total. The molecule has 7 nitrogen and oxygen atoms in total. The Balaban J connectivity index is 1.35. The van der Waals surface area contributed by atoms with Gasteiger partial charge in [0, 0.05) is 26.0 Å². The van der Waals surface area contributed by atoms with Crippen LogP contribution in [0.3, 0.4) is 0 Å². The Kier molecular flexibility index (Phi) is 8.35. The van der Waals surface area contributed by atoms with Gasteiger partial charge < -0.3 is 4.74 Å². The molecule has 1 saturated heterocycles. The van der Waals surface area contributed by atoms with E-state index >= 15 is 0 Å². The predicted octanol–water partition coefficient (Wildman–Crippen LogP) is 8.39. The van der Waals surface area contributed by atoms with Gasteiger partial charge in [0.1, 0.15) is 0 Å². The number of fused-ring (bicyclic) bond motifs is 2. The Morgan fingerprint density at radius 3 is 2.18 bits per heavy atom. The summed E-state index contributed by atoms with van der Waals surface area (Å²) in [4.78, 5) is 59.0. The molecule has 2 amide bonds. The Hall–Kier alpha value is -3.59. The Labute approximate surface area is 272 Å². The van der Waals surface area contributed by atoms with Crippen molar-refractivity contribution in [3.05, 3.63) is 91.9 Å². The first-order chi connectivity index (χ1) is 21.0. The summed E-state index contributed by atoms with van der Waals surface area (Å²) in [7, 11) is 0. The minimum atomic E-state index is -1.06. The lowest BCUT2D eigenvalue weighted by molar-refractivity contribution is -0.122. The smallest absolute Gasteiger partial charge is 0.339 e. The van der Waals surface area contributed by atoms with Gasteiger partial charge in [-0.15, -0.1) is 0 Å². The van der Waals surface area contributed by atoms with E-state index in [0.29, 0.717) is 53.5 Å². The van der Waals surface area contributed by atoms with E-state index in [-0.39, 0.29) is 35.0 Å². The van der Waals surface area contributed by atoms with E-state index in [1.807, 2.05) is 0 Å². The van der Waals surface area contributed by atoms with Crippen molar-refractivity contribution in [2.75, 3.05) is 4.90 Å². The molecule has 1 saturated carbocycles. The zero-order valence-electron chi connectivity index (χ0n) is 23.9. The number of carbonyl (C=O) groups excluding carboxylic acids is 4. The van der Waals surface area contributed by atoms with Crippen LogP contribution in [-0.2, 0) is 14.3 Å². The Morgan fingerprint density at radius 1 is 0.955 bits per heavy atom. The van der Waals surface area contributed by atoms with Crippen LogP contribution in [0.25, 0.3) is 22.2 Å². The molecule has 6 rings (SSSR count). The molecule has 3 aromatic carbocycles. The highest BCUT2D eigenvalue weighted by Gasteiger charge is 2.48. The molecule has 1 aliphatic carbocycles. The van der Waals surface area contributed by atoms with Crippen LogP contribution < -0.4 is 4.90 Å². The summed E-state index contributed by atoms with van der Waals surface area (Å²) in [6, 6.07) is 16.7. The number of imide groups is 1. The minimum Gasteiger partial charge on any atom is -0.451 e. The average Bonchev–Trinajstić information content (AvgIpc) is 3.28. The van der Waals surface area contributed by atoms with Crippen LogP contribution in [0, 0.1) is 18.8 Å². The van der Waals surface area contributed by atoms with Gasteiger partial charge in [-0.05, 0) is 96.7 Å². The molecule has 224 valence electrons. The average molecular weight is 694 g/mol. The lowest BCUT2D eigenvalue weighted by Crippen LogP contribution is -2.30. The molecular weight excluding hydrogens is 667 g/mol. The number of ketones is 1. The molecule has 2 fully saturated rings. The molecule has 2 aliphatic rings. The predicted molar refractivity (Wildman–Crippen MR) is 173 cm³/mol. The fourth-order valence-electron chi connectivity index (χ4n) is 6.10. The number of pyridine rings is 1. The molecule has 44 heavy (non-hydrogen) atoms. The summed E-state index contributed by atoms with van der Waals surface area (Å²) in [6.07, 6.45) is 2.33. The van der Waals surface area contributed by atoms with Gasteiger partial charge in [-0.1, -0.05) is 48.2 Å². The number of nitrogens with zero attached hydrogens (tertiary/aromatic N) is 2. The summed E-state index contributed by atoms with van der Waals surface area (Å²) in [6.45, 7) is 3.33. The highest BCUT2D eigenvalue weighted by molar-refractivity contribution is 9.10. The van der Waals surface area contributed by atoms with E-state index in [2.05, 4.69) is 15.9 Å². The molecule has 0 spiro atoms. The molecule has 10 heteroatoms. The number of Topliss-reactive ketones (excluding diaryl/α,β-unsaturated/α-hetero) is 1. The van der Waals surface area contributed by atoms with Crippen molar-refractivity contribution in [2.45, 2.75) is 45.6 Å². The number of benzene rings is 3. The van der Waals surface area contributed by atoms with Crippen LogP contribution in [-0.4, -0.2) is 34.7 Å². The zero-order valence-corrected chi connectivity index (χ0v) is 27.0. The number of aryl methyl sites for hydroxylation is 1. The maximum absolute atomic E-state index is 13.6. The quantitative estimate of drug-likeness (QED) is 0.114. The molecule has 3 atom stereocenters. The Bertz CT molecular complexity index is 1820. The zero-order chi connectivity index (χ0) is 31.3. The summed E-state index contributed by atoms with van der Waals surface area (Å²) in [5, 5.41) is 1.45. The van der Waals surface area contributed by atoms with Crippen molar-refractivity contribution >= 4 is 79.3 Å². The lowest BCUT2D eigenvalue weighted by atomic mass is 9.81. The van der Waals surface area contributed by atoms with Crippen molar-refractivity contribution in [3.8, 4) is 11.3 Å². The number of hydrogen-bond acceptors (Lipinski definition) is 6. The number of ether oxygens (including phenoxy) is 1. The first-order valence-electron chi connectivity index (χ1n) is 14.3. The molecule has 1 aliphatic heterocycles. The molecule has 0 radical (unpaired) electrons. The van der Waals surface area contributed by atoms with Crippen LogP contribution in [0.5, 0.6) is 0 Å². The van der Waals surface area contributed by atoms with E-state index in [9.17, 15) is 19.2 Å². The van der Waals surface area contributed by atoms with E-state index in [1.165, 1.54) is 11.8 Å². The molecule has 1 aromatic heterocycles. The number of amides is 2. The lowest BCUT2D eigenvalue weighted by Gasteiger charge is -2.19. The highest BCUT2D eigenvalue weighted by Crippen LogP contribution is 2.41. The van der Waals surface area contributed by atoms with Crippen molar-refractivity contribution in [2.24, 2.45) is 11.8 Å². The number of halogens is 3. The van der Waals surface area contributed by atoms with Gasteiger partial charge in [0.25, 0.3) is 0 Å². The number of rotatable bonds is 6. The third-order valence-corrected chi connectivity index (χ3v) is 10.1. The first-order valence-corrected chi connectivity index (χ1v) is 15.9. The van der Waals surface area contributed by atoms with Crippen LogP contribution >= 0.6 is 39.1 Å².